The fourth-order valence-electron chi connectivity index (χ4n) is 3.90. The van der Waals surface area contributed by atoms with E-state index in [2.05, 4.69) is 10.6 Å². The molecular weight excluding hydrogens is 384 g/mol. The van der Waals surface area contributed by atoms with Crippen molar-refractivity contribution in [3.63, 3.8) is 0 Å². The highest BCUT2D eigenvalue weighted by Gasteiger charge is 2.35. The summed E-state index contributed by atoms with van der Waals surface area (Å²) in [5.74, 6) is -3.25. The number of carbonyl (C=O) groups is 3. The largest absolute Gasteiger partial charge is 0.442 e. The van der Waals surface area contributed by atoms with Crippen molar-refractivity contribution in [2.45, 2.75) is 44.1 Å². The zero-order valence-electron chi connectivity index (χ0n) is 15.9. The number of hydrogen-bond donors (Lipinski definition) is 2. The fraction of sp³-hybridized carbons (Fsp3) is 0.550. The van der Waals surface area contributed by atoms with Crippen molar-refractivity contribution < 1.29 is 27.9 Å². The van der Waals surface area contributed by atoms with Crippen LogP contribution in [0, 0.1) is 17.6 Å². The molecule has 3 aliphatic rings. The van der Waals surface area contributed by atoms with Crippen LogP contribution in [0.1, 0.15) is 43.6 Å². The first kappa shape index (κ1) is 19.6. The average molecular weight is 407 g/mol. The lowest BCUT2D eigenvalue weighted by molar-refractivity contribution is -0.134. The molecule has 156 valence electrons. The predicted molar refractivity (Wildman–Crippen MR) is 99.3 cm³/mol. The maximum atomic E-state index is 14.6. The number of anilines is 1. The van der Waals surface area contributed by atoms with E-state index in [4.69, 9.17) is 4.74 Å². The van der Waals surface area contributed by atoms with Gasteiger partial charge in [-0.25, -0.2) is 13.6 Å². The Balaban J connectivity index is 1.32. The zero-order valence-corrected chi connectivity index (χ0v) is 15.9. The number of piperidine rings is 1. The van der Waals surface area contributed by atoms with Crippen molar-refractivity contribution in [1.82, 2.24) is 10.6 Å². The highest BCUT2D eigenvalue weighted by molar-refractivity contribution is 6.01. The third kappa shape index (κ3) is 4.18. The topological polar surface area (TPSA) is 87.7 Å². The number of nitrogens with one attached hydrogen (secondary N) is 2. The minimum absolute atomic E-state index is 0.0466. The highest BCUT2D eigenvalue weighted by Crippen LogP contribution is 2.33. The number of halogens is 2. The predicted octanol–water partition coefficient (Wildman–Crippen LogP) is 2.20. The molecule has 2 N–H and O–H groups in total. The van der Waals surface area contributed by atoms with Gasteiger partial charge in [-0.2, -0.15) is 0 Å². The smallest absolute Gasteiger partial charge is 0.407 e. The Bertz CT molecular complexity index is 814. The molecule has 7 nitrogen and oxygen atoms in total. The first-order valence-corrected chi connectivity index (χ1v) is 9.92. The Morgan fingerprint density at radius 2 is 1.86 bits per heavy atom. The van der Waals surface area contributed by atoms with Gasteiger partial charge in [-0.1, -0.05) is 6.42 Å². The minimum Gasteiger partial charge on any atom is -0.442 e. The minimum atomic E-state index is -1.02. The lowest BCUT2D eigenvalue weighted by Crippen LogP contribution is -2.54. The molecule has 1 atom stereocenters. The summed E-state index contributed by atoms with van der Waals surface area (Å²) in [6.07, 6.45) is 2.78. The second-order valence-corrected chi connectivity index (χ2v) is 7.94. The lowest BCUT2D eigenvalue weighted by atomic mass is 9.85. The Hall–Kier alpha value is -2.71. The molecule has 0 aromatic heterocycles. The monoisotopic (exact) mass is 407 g/mol. The molecule has 2 aliphatic heterocycles. The molecule has 0 bridgehead atoms. The SMILES string of the molecule is O=C1CCC(c2c(F)cc(N3CC(OC(=O)NCC4CCC4)C3)cc2F)C(=O)N1. The van der Waals surface area contributed by atoms with Gasteiger partial charge in [-0.05, 0) is 37.3 Å². The van der Waals surface area contributed by atoms with Crippen molar-refractivity contribution in [1.29, 1.82) is 0 Å². The molecular formula is C20H23F2N3O4. The van der Waals surface area contributed by atoms with Crippen LogP contribution in [0.5, 0.6) is 0 Å². The summed E-state index contributed by atoms with van der Waals surface area (Å²) in [5.41, 5.74) is 0.00761. The van der Waals surface area contributed by atoms with E-state index >= 15 is 0 Å². The van der Waals surface area contributed by atoms with Gasteiger partial charge < -0.3 is 15.0 Å². The average Bonchev–Trinajstić information content (AvgIpc) is 2.57. The summed E-state index contributed by atoms with van der Waals surface area (Å²) in [4.78, 5) is 36.7. The van der Waals surface area contributed by atoms with Crippen LogP contribution in [0.15, 0.2) is 12.1 Å². The van der Waals surface area contributed by atoms with Crippen LogP contribution >= 0.6 is 0 Å². The van der Waals surface area contributed by atoms with Crippen molar-refractivity contribution in [2.24, 2.45) is 5.92 Å². The molecule has 0 spiro atoms. The van der Waals surface area contributed by atoms with Crippen LogP contribution in [0.2, 0.25) is 0 Å². The highest BCUT2D eigenvalue weighted by atomic mass is 19.1. The third-order valence-electron chi connectivity index (χ3n) is 5.90. The molecule has 3 fully saturated rings. The number of amides is 3. The Morgan fingerprint density at radius 3 is 2.45 bits per heavy atom. The maximum Gasteiger partial charge on any atom is 0.407 e. The molecule has 0 radical (unpaired) electrons. The van der Waals surface area contributed by atoms with Crippen molar-refractivity contribution in [3.05, 3.63) is 29.3 Å². The number of carbonyl (C=O) groups excluding carboxylic acids is 3. The normalized spacial score (nSPS) is 22.6. The van der Waals surface area contributed by atoms with Crippen LogP contribution in [-0.2, 0) is 14.3 Å². The molecule has 1 saturated carbocycles. The van der Waals surface area contributed by atoms with E-state index in [9.17, 15) is 23.2 Å². The number of hydrogen-bond acceptors (Lipinski definition) is 5. The molecule has 2 saturated heterocycles. The Labute approximate surface area is 166 Å². The van der Waals surface area contributed by atoms with E-state index in [1.54, 1.807) is 4.90 Å². The number of rotatable bonds is 5. The zero-order chi connectivity index (χ0) is 20.5. The standard InChI is InChI=1S/C20H23F2N3O4/c21-15-6-12(7-16(22)18(15)14-4-5-17(26)24-19(14)27)25-9-13(10-25)29-20(28)23-8-11-2-1-3-11/h6-7,11,13-14H,1-5,8-10H2,(H,23,28)(H,24,26,27). The number of nitrogens with zero attached hydrogens (tertiary/aromatic N) is 1. The van der Waals surface area contributed by atoms with E-state index in [0.29, 0.717) is 31.2 Å². The van der Waals surface area contributed by atoms with Gasteiger partial charge in [-0.15, -0.1) is 0 Å². The number of ether oxygens (including phenoxy) is 1. The maximum absolute atomic E-state index is 14.6. The van der Waals surface area contributed by atoms with Gasteiger partial charge in [0, 0.05) is 24.2 Å². The van der Waals surface area contributed by atoms with E-state index < -0.39 is 35.5 Å². The van der Waals surface area contributed by atoms with E-state index in [-0.39, 0.29) is 24.5 Å². The third-order valence-corrected chi connectivity index (χ3v) is 5.90. The van der Waals surface area contributed by atoms with E-state index in [1.165, 1.54) is 18.6 Å². The molecule has 3 amide bonds. The van der Waals surface area contributed by atoms with Crippen LogP contribution < -0.4 is 15.5 Å². The Morgan fingerprint density at radius 1 is 1.17 bits per heavy atom. The summed E-state index contributed by atoms with van der Waals surface area (Å²) in [6.45, 7) is 1.30. The van der Waals surface area contributed by atoms with Gasteiger partial charge in [0.1, 0.15) is 17.7 Å². The number of alkyl carbamates (subject to hydrolysis) is 1. The second kappa shape index (κ2) is 7.96. The van der Waals surface area contributed by atoms with E-state index in [0.717, 1.165) is 12.8 Å². The molecule has 4 rings (SSSR count). The van der Waals surface area contributed by atoms with Gasteiger partial charge in [0.15, 0.2) is 0 Å². The van der Waals surface area contributed by atoms with Crippen LogP contribution in [0.3, 0.4) is 0 Å². The number of imide groups is 1. The summed E-state index contributed by atoms with van der Waals surface area (Å²) in [6, 6.07) is 2.35. The summed E-state index contributed by atoms with van der Waals surface area (Å²) < 4.78 is 34.5. The first-order chi connectivity index (χ1) is 13.9. The van der Waals surface area contributed by atoms with Crippen molar-refractivity contribution in [2.75, 3.05) is 24.5 Å². The molecule has 1 aromatic carbocycles. The molecule has 1 aliphatic carbocycles. The van der Waals surface area contributed by atoms with Crippen LogP contribution in [0.4, 0.5) is 19.3 Å². The molecule has 2 heterocycles. The molecule has 1 unspecified atom stereocenters. The summed E-state index contributed by atoms with van der Waals surface area (Å²) in [7, 11) is 0. The first-order valence-electron chi connectivity index (χ1n) is 9.92. The molecule has 1 aromatic rings. The van der Waals surface area contributed by atoms with Crippen molar-refractivity contribution >= 4 is 23.6 Å². The van der Waals surface area contributed by atoms with Gasteiger partial charge in [0.05, 0.1) is 19.0 Å². The molecule has 9 heteroatoms. The van der Waals surface area contributed by atoms with Gasteiger partial charge in [0.2, 0.25) is 11.8 Å². The van der Waals surface area contributed by atoms with Gasteiger partial charge >= 0.3 is 6.09 Å². The molecule has 29 heavy (non-hydrogen) atoms. The lowest BCUT2D eigenvalue weighted by Gasteiger charge is -2.40. The Kier molecular flexibility index (Phi) is 5.38. The second-order valence-electron chi connectivity index (χ2n) is 7.94. The number of benzene rings is 1. The van der Waals surface area contributed by atoms with Crippen LogP contribution in [-0.4, -0.2) is 43.6 Å². The van der Waals surface area contributed by atoms with Crippen molar-refractivity contribution in [3.8, 4) is 0 Å². The fourth-order valence-corrected chi connectivity index (χ4v) is 3.90. The summed E-state index contributed by atoms with van der Waals surface area (Å²) in [5, 5.41) is 4.86. The van der Waals surface area contributed by atoms with Crippen LogP contribution in [0.25, 0.3) is 0 Å². The van der Waals surface area contributed by atoms with Gasteiger partial charge in [-0.3, -0.25) is 14.9 Å². The van der Waals surface area contributed by atoms with Gasteiger partial charge in [0.25, 0.3) is 0 Å². The summed E-state index contributed by atoms with van der Waals surface area (Å²) >= 11 is 0. The van der Waals surface area contributed by atoms with E-state index in [1.807, 2.05) is 0 Å². The quantitative estimate of drug-likeness (QED) is 0.731.